The standard InChI is InChI=1S/C20H28O4/c1-13(2)16-7-6-14(3)20(17(16)5-4-9-21)11-18(24-19(20)22)15-8-10-23-12-15/h8,10,12,14,17-18,21H,4-7,9,11H2,1-3H3/t14-,17+,18+,20-/m1/s1. The number of hydrogen-bond donors (Lipinski definition) is 1. The first-order chi connectivity index (χ1) is 11.5. The molecular weight excluding hydrogens is 304 g/mol. The molecule has 1 aromatic rings. The van der Waals surface area contributed by atoms with Crippen molar-refractivity contribution in [2.45, 2.75) is 59.0 Å². The zero-order valence-corrected chi connectivity index (χ0v) is 14.9. The molecule has 132 valence electrons. The molecule has 1 aliphatic heterocycles. The van der Waals surface area contributed by atoms with E-state index in [1.807, 2.05) is 6.07 Å². The van der Waals surface area contributed by atoms with Crippen LogP contribution < -0.4 is 0 Å². The van der Waals surface area contributed by atoms with E-state index in [1.165, 1.54) is 11.1 Å². The fourth-order valence-electron chi connectivity index (χ4n) is 4.79. The topological polar surface area (TPSA) is 59.7 Å². The van der Waals surface area contributed by atoms with Gasteiger partial charge in [-0.2, -0.15) is 0 Å². The lowest BCUT2D eigenvalue weighted by Gasteiger charge is -2.45. The maximum absolute atomic E-state index is 13.1. The Bertz CT molecular complexity index is 612. The number of cyclic esters (lactones) is 1. The van der Waals surface area contributed by atoms with Crippen molar-refractivity contribution in [1.82, 2.24) is 0 Å². The van der Waals surface area contributed by atoms with Gasteiger partial charge >= 0.3 is 5.97 Å². The Morgan fingerprint density at radius 2 is 2.21 bits per heavy atom. The van der Waals surface area contributed by atoms with Gasteiger partial charge < -0.3 is 14.3 Å². The monoisotopic (exact) mass is 332 g/mol. The summed E-state index contributed by atoms with van der Waals surface area (Å²) in [6.07, 6.45) is 7.42. The van der Waals surface area contributed by atoms with Crippen LogP contribution in [0.15, 0.2) is 34.2 Å². The zero-order valence-electron chi connectivity index (χ0n) is 14.9. The summed E-state index contributed by atoms with van der Waals surface area (Å²) in [5, 5.41) is 9.34. The molecule has 2 heterocycles. The molecule has 4 heteroatoms. The van der Waals surface area contributed by atoms with Crippen molar-refractivity contribution >= 4 is 5.97 Å². The number of furan rings is 1. The molecule has 0 unspecified atom stereocenters. The predicted molar refractivity (Wildman–Crippen MR) is 91.2 cm³/mol. The van der Waals surface area contributed by atoms with Crippen molar-refractivity contribution in [2.75, 3.05) is 6.61 Å². The molecule has 2 aliphatic rings. The number of ether oxygens (including phenoxy) is 1. The number of rotatable bonds is 4. The quantitative estimate of drug-likeness (QED) is 0.655. The largest absolute Gasteiger partial charge is 0.472 e. The van der Waals surface area contributed by atoms with Crippen LogP contribution in [0.4, 0.5) is 0 Å². The average Bonchev–Trinajstić information content (AvgIpc) is 3.17. The van der Waals surface area contributed by atoms with Gasteiger partial charge in [-0.3, -0.25) is 4.79 Å². The lowest BCUT2D eigenvalue weighted by Crippen LogP contribution is -2.45. The van der Waals surface area contributed by atoms with Crippen LogP contribution in [0.5, 0.6) is 0 Å². The normalized spacial score (nSPS) is 33.1. The van der Waals surface area contributed by atoms with Crippen LogP contribution in [0.1, 0.15) is 64.5 Å². The summed E-state index contributed by atoms with van der Waals surface area (Å²) in [4.78, 5) is 13.1. The molecule has 1 spiro atoms. The number of allylic oxidation sites excluding steroid dienone is 2. The minimum atomic E-state index is -0.470. The summed E-state index contributed by atoms with van der Waals surface area (Å²) in [6, 6.07) is 1.88. The maximum atomic E-state index is 13.1. The smallest absolute Gasteiger partial charge is 0.313 e. The third kappa shape index (κ3) is 2.71. The average molecular weight is 332 g/mol. The Kier molecular flexibility index (Phi) is 4.86. The van der Waals surface area contributed by atoms with Gasteiger partial charge in [-0.25, -0.2) is 0 Å². The molecule has 1 aliphatic carbocycles. The van der Waals surface area contributed by atoms with E-state index < -0.39 is 5.41 Å². The lowest BCUT2D eigenvalue weighted by molar-refractivity contribution is -0.154. The fraction of sp³-hybridized carbons (Fsp3) is 0.650. The second kappa shape index (κ2) is 6.75. The van der Waals surface area contributed by atoms with Crippen LogP contribution in [-0.4, -0.2) is 17.7 Å². The van der Waals surface area contributed by atoms with Crippen LogP contribution >= 0.6 is 0 Å². The van der Waals surface area contributed by atoms with Crippen molar-refractivity contribution < 1.29 is 19.1 Å². The molecule has 2 fully saturated rings. The molecule has 1 aromatic heterocycles. The molecule has 1 saturated carbocycles. The van der Waals surface area contributed by atoms with Crippen molar-refractivity contribution in [2.24, 2.45) is 17.3 Å². The maximum Gasteiger partial charge on any atom is 0.313 e. The highest BCUT2D eigenvalue weighted by molar-refractivity contribution is 5.81. The summed E-state index contributed by atoms with van der Waals surface area (Å²) >= 11 is 0. The van der Waals surface area contributed by atoms with E-state index in [4.69, 9.17) is 9.15 Å². The first-order valence-corrected chi connectivity index (χ1v) is 9.01. The molecular formula is C20H28O4. The Hall–Kier alpha value is -1.55. The molecule has 1 saturated heterocycles. The number of carbonyl (C=O) groups excluding carboxylic acids is 1. The Morgan fingerprint density at radius 1 is 1.42 bits per heavy atom. The van der Waals surface area contributed by atoms with Gasteiger partial charge in [0.1, 0.15) is 6.10 Å². The summed E-state index contributed by atoms with van der Waals surface area (Å²) < 4.78 is 11.0. The highest BCUT2D eigenvalue weighted by atomic mass is 16.6. The van der Waals surface area contributed by atoms with Crippen LogP contribution in [0.25, 0.3) is 0 Å². The molecule has 0 radical (unpaired) electrons. The molecule has 4 atom stereocenters. The molecule has 3 rings (SSSR count). The van der Waals surface area contributed by atoms with E-state index in [0.717, 1.165) is 31.2 Å². The van der Waals surface area contributed by atoms with Crippen LogP contribution in [-0.2, 0) is 9.53 Å². The Labute approximate surface area is 143 Å². The van der Waals surface area contributed by atoms with Gasteiger partial charge in [0.25, 0.3) is 0 Å². The minimum Gasteiger partial charge on any atom is -0.472 e. The van der Waals surface area contributed by atoms with Gasteiger partial charge in [-0.1, -0.05) is 18.1 Å². The van der Waals surface area contributed by atoms with Gasteiger partial charge in [-0.15, -0.1) is 0 Å². The van der Waals surface area contributed by atoms with Crippen molar-refractivity contribution in [3.8, 4) is 0 Å². The van der Waals surface area contributed by atoms with Gasteiger partial charge in [0.15, 0.2) is 0 Å². The summed E-state index contributed by atoms with van der Waals surface area (Å²) in [5.74, 6) is 0.388. The number of carbonyl (C=O) groups is 1. The first-order valence-electron chi connectivity index (χ1n) is 9.01. The van der Waals surface area contributed by atoms with Gasteiger partial charge in [-0.05, 0) is 57.4 Å². The molecule has 4 nitrogen and oxygen atoms in total. The Morgan fingerprint density at radius 3 is 2.83 bits per heavy atom. The number of aliphatic hydroxyl groups excluding tert-OH is 1. The Balaban J connectivity index is 1.99. The predicted octanol–water partition coefficient (Wildman–Crippen LogP) is 4.41. The van der Waals surface area contributed by atoms with E-state index in [0.29, 0.717) is 6.42 Å². The third-order valence-electron chi connectivity index (χ3n) is 6.13. The van der Waals surface area contributed by atoms with E-state index in [1.54, 1.807) is 12.5 Å². The van der Waals surface area contributed by atoms with E-state index in [-0.39, 0.29) is 30.5 Å². The van der Waals surface area contributed by atoms with E-state index in [2.05, 4.69) is 20.8 Å². The fourth-order valence-corrected chi connectivity index (χ4v) is 4.79. The van der Waals surface area contributed by atoms with Crippen LogP contribution in [0.3, 0.4) is 0 Å². The minimum absolute atomic E-state index is 0.0670. The lowest BCUT2D eigenvalue weighted by atomic mass is 9.56. The molecule has 1 N–H and O–H groups in total. The number of aliphatic hydroxyl groups is 1. The zero-order chi connectivity index (χ0) is 17.3. The summed E-state index contributed by atoms with van der Waals surface area (Å²) in [5.41, 5.74) is 3.18. The first kappa shape index (κ1) is 17.3. The second-order valence-corrected chi connectivity index (χ2v) is 7.58. The van der Waals surface area contributed by atoms with Crippen LogP contribution in [0, 0.1) is 17.3 Å². The van der Waals surface area contributed by atoms with Crippen molar-refractivity contribution in [1.29, 1.82) is 0 Å². The number of esters is 1. The van der Waals surface area contributed by atoms with Gasteiger partial charge in [0.05, 0.1) is 17.9 Å². The van der Waals surface area contributed by atoms with Gasteiger partial charge in [0, 0.05) is 18.6 Å². The molecule has 0 amide bonds. The molecule has 0 aromatic carbocycles. The summed E-state index contributed by atoms with van der Waals surface area (Å²) in [6.45, 7) is 6.63. The van der Waals surface area contributed by atoms with Crippen molar-refractivity contribution in [3.05, 3.63) is 35.3 Å². The van der Waals surface area contributed by atoms with E-state index in [9.17, 15) is 9.90 Å². The SMILES string of the molecule is CC(C)=C1CC[C@@H](C)[C@]2(C[C@@H](c3ccoc3)OC2=O)[C@H]1CCCO. The highest BCUT2D eigenvalue weighted by Crippen LogP contribution is 2.59. The van der Waals surface area contributed by atoms with Gasteiger partial charge in [0.2, 0.25) is 0 Å². The molecule has 0 bridgehead atoms. The van der Waals surface area contributed by atoms with E-state index >= 15 is 0 Å². The molecule has 24 heavy (non-hydrogen) atoms. The van der Waals surface area contributed by atoms with Crippen molar-refractivity contribution in [3.63, 3.8) is 0 Å². The third-order valence-corrected chi connectivity index (χ3v) is 6.13. The second-order valence-electron chi connectivity index (χ2n) is 7.58. The summed E-state index contributed by atoms with van der Waals surface area (Å²) in [7, 11) is 0. The number of hydrogen-bond acceptors (Lipinski definition) is 4. The van der Waals surface area contributed by atoms with Crippen LogP contribution in [0.2, 0.25) is 0 Å². The highest BCUT2D eigenvalue weighted by Gasteiger charge is 2.59.